The molecule has 1 amide bonds. The van der Waals surface area contributed by atoms with E-state index in [9.17, 15) is 4.79 Å². The van der Waals surface area contributed by atoms with Crippen LogP contribution in [-0.4, -0.2) is 34.4 Å². The number of nitrogens with zero attached hydrogens (tertiary/aromatic N) is 3. The van der Waals surface area contributed by atoms with Crippen LogP contribution in [0.4, 0.5) is 0 Å². The smallest absolute Gasteiger partial charge is 0.257 e. The molecule has 1 aliphatic rings. The first-order chi connectivity index (χ1) is 12.3. The number of ether oxygens (including phenoxy) is 1. The summed E-state index contributed by atoms with van der Waals surface area (Å²) in [4.78, 5) is 23.3. The number of hydrogen-bond acceptors (Lipinski definition) is 5. The fourth-order valence-corrected chi connectivity index (χ4v) is 2.98. The molecule has 0 saturated heterocycles. The fourth-order valence-electron chi connectivity index (χ4n) is 2.98. The Kier molecular flexibility index (Phi) is 3.93. The van der Waals surface area contributed by atoms with E-state index in [0.717, 1.165) is 17.0 Å². The highest BCUT2D eigenvalue weighted by Crippen LogP contribution is 2.27. The van der Waals surface area contributed by atoms with Gasteiger partial charge in [-0.05, 0) is 24.3 Å². The fraction of sp³-hybridized carbons (Fsp3) is 0.211. The lowest BCUT2D eigenvalue weighted by Gasteiger charge is -2.26. The molecule has 6 heteroatoms. The van der Waals surface area contributed by atoms with E-state index in [1.807, 2.05) is 24.3 Å². The van der Waals surface area contributed by atoms with E-state index in [4.69, 9.17) is 9.15 Å². The summed E-state index contributed by atoms with van der Waals surface area (Å²) in [5, 5.41) is 0. The first-order valence-electron chi connectivity index (χ1n) is 8.07. The van der Waals surface area contributed by atoms with Crippen LogP contribution in [0.15, 0.2) is 53.2 Å². The van der Waals surface area contributed by atoms with Crippen molar-refractivity contribution in [2.45, 2.75) is 13.0 Å². The maximum absolute atomic E-state index is 12.8. The quantitative estimate of drug-likeness (QED) is 0.736. The molecule has 0 bridgehead atoms. The second-order valence-corrected chi connectivity index (χ2v) is 5.81. The van der Waals surface area contributed by atoms with E-state index in [0.29, 0.717) is 36.7 Å². The van der Waals surface area contributed by atoms with E-state index >= 15 is 0 Å². The lowest BCUT2D eigenvalue weighted by Crippen LogP contribution is -2.36. The molecular formula is C19H17N3O3. The second-order valence-electron chi connectivity index (χ2n) is 5.81. The molecule has 0 aliphatic carbocycles. The Morgan fingerprint density at radius 3 is 2.92 bits per heavy atom. The average Bonchev–Trinajstić information content (AvgIpc) is 3.11. The van der Waals surface area contributed by atoms with Gasteiger partial charge in [-0.1, -0.05) is 12.1 Å². The predicted molar refractivity (Wildman–Crippen MR) is 91.2 cm³/mol. The van der Waals surface area contributed by atoms with E-state index in [-0.39, 0.29) is 5.91 Å². The number of hydrogen-bond donors (Lipinski definition) is 0. The molecule has 0 radical (unpaired) electrons. The molecule has 25 heavy (non-hydrogen) atoms. The molecule has 6 nitrogen and oxygen atoms in total. The van der Waals surface area contributed by atoms with Gasteiger partial charge in [0.2, 0.25) is 5.89 Å². The third kappa shape index (κ3) is 2.87. The van der Waals surface area contributed by atoms with Crippen molar-refractivity contribution in [3.8, 4) is 17.2 Å². The Hall–Kier alpha value is -3.15. The van der Waals surface area contributed by atoms with Crippen molar-refractivity contribution in [2.75, 3.05) is 13.7 Å². The van der Waals surface area contributed by atoms with Crippen molar-refractivity contribution in [2.24, 2.45) is 0 Å². The summed E-state index contributed by atoms with van der Waals surface area (Å²) in [6.07, 6.45) is 4.07. The number of carbonyl (C=O) groups is 1. The highest BCUT2D eigenvalue weighted by molar-refractivity contribution is 5.97. The second kappa shape index (κ2) is 6.39. The number of methoxy groups -OCH3 is 1. The van der Waals surface area contributed by atoms with Gasteiger partial charge in [0, 0.05) is 25.4 Å². The molecule has 0 fully saturated rings. The minimum Gasteiger partial charge on any atom is -0.496 e. The molecule has 0 unspecified atom stereocenters. The lowest BCUT2D eigenvalue weighted by molar-refractivity contribution is 0.0724. The topological polar surface area (TPSA) is 68.5 Å². The summed E-state index contributed by atoms with van der Waals surface area (Å²) in [5.74, 6) is 1.90. The zero-order valence-corrected chi connectivity index (χ0v) is 13.8. The first-order valence-corrected chi connectivity index (χ1v) is 8.07. The SMILES string of the molecule is COc1ccccc1C(=O)N1CCc2oc(-c3cccnc3)nc2C1. The molecule has 2 aromatic heterocycles. The maximum atomic E-state index is 12.8. The van der Waals surface area contributed by atoms with Gasteiger partial charge in [-0.15, -0.1) is 0 Å². The molecule has 126 valence electrons. The Morgan fingerprint density at radius 1 is 1.24 bits per heavy atom. The highest BCUT2D eigenvalue weighted by atomic mass is 16.5. The Labute approximate surface area is 145 Å². The molecule has 1 aromatic carbocycles. The van der Waals surface area contributed by atoms with Crippen LogP contribution in [0.2, 0.25) is 0 Å². The van der Waals surface area contributed by atoms with Gasteiger partial charge in [-0.3, -0.25) is 9.78 Å². The molecule has 1 aliphatic heterocycles. The van der Waals surface area contributed by atoms with Crippen LogP contribution in [0.25, 0.3) is 11.5 Å². The number of rotatable bonds is 3. The van der Waals surface area contributed by atoms with Crippen LogP contribution in [-0.2, 0) is 13.0 Å². The number of oxazole rings is 1. The normalized spacial score (nSPS) is 13.4. The van der Waals surface area contributed by atoms with Crippen molar-refractivity contribution in [3.63, 3.8) is 0 Å². The average molecular weight is 335 g/mol. The maximum Gasteiger partial charge on any atom is 0.257 e. The number of para-hydroxylation sites is 1. The molecule has 0 N–H and O–H groups in total. The van der Waals surface area contributed by atoms with Gasteiger partial charge in [0.25, 0.3) is 5.91 Å². The van der Waals surface area contributed by atoms with Crippen molar-refractivity contribution in [1.29, 1.82) is 0 Å². The minimum absolute atomic E-state index is 0.0611. The zero-order chi connectivity index (χ0) is 17.2. The largest absolute Gasteiger partial charge is 0.496 e. The molecule has 4 rings (SSSR count). The number of benzene rings is 1. The van der Waals surface area contributed by atoms with Gasteiger partial charge in [-0.25, -0.2) is 4.98 Å². The molecule has 3 aromatic rings. The summed E-state index contributed by atoms with van der Waals surface area (Å²) in [6.45, 7) is 1.02. The van der Waals surface area contributed by atoms with E-state index in [1.165, 1.54) is 0 Å². The number of carbonyl (C=O) groups excluding carboxylic acids is 1. The lowest BCUT2D eigenvalue weighted by atomic mass is 10.1. The molecule has 0 atom stereocenters. The van der Waals surface area contributed by atoms with E-state index in [2.05, 4.69) is 9.97 Å². The van der Waals surface area contributed by atoms with Crippen LogP contribution < -0.4 is 4.74 Å². The van der Waals surface area contributed by atoms with Crippen LogP contribution in [0.1, 0.15) is 21.8 Å². The first kappa shape index (κ1) is 15.4. The van der Waals surface area contributed by atoms with Crippen molar-refractivity contribution in [1.82, 2.24) is 14.9 Å². The number of fused-ring (bicyclic) bond motifs is 1. The van der Waals surface area contributed by atoms with Crippen LogP contribution in [0.3, 0.4) is 0 Å². The number of aromatic nitrogens is 2. The Bertz CT molecular complexity index is 905. The van der Waals surface area contributed by atoms with Gasteiger partial charge in [0.15, 0.2) is 0 Å². The molecule has 3 heterocycles. The van der Waals surface area contributed by atoms with Crippen LogP contribution in [0.5, 0.6) is 5.75 Å². The summed E-state index contributed by atoms with van der Waals surface area (Å²) in [5.41, 5.74) is 2.19. The van der Waals surface area contributed by atoms with Gasteiger partial charge in [-0.2, -0.15) is 0 Å². The summed E-state index contributed by atoms with van der Waals surface area (Å²) in [7, 11) is 1.57. The van der Waals surface area contributed by atoms with Gasteiger partial charge in [0.1, 0.15) is 17.2 Å². The zero-order valence-electron chi connectivity index (χ0n) is 13.8. The summed E-state index contributed by atoms with van der Waals surface area (Å²) >= 11 is 0. The third-order valence-electron chi connectivity index (χ3n) is 4.26. The van der Waals surface area contributed by atoms with Crippen LogP contribution in [0, 0.1) is 0 Å². The molecule has 0 spiro atoms. The van der Waals surface area contributed by atoms with Crippen molar-refractivity contribution < 1.29 is 13.9 Å². The third-order valence-corrected chi connectivity index (χ3v) is 4.26. The summed E-state index contributed by atoms with van der Waals surface area (Å²) < 4.78 is 11.2. The van der Waals surface area contributed by atoms with Gasteiger partial charge in [0.05, 0.1) is 24.8 Å². The monoisotopic (exact) mass is 335 g/mol. The standard InChI is InChI=1S/C19H17N3O3/c1-24-16-7-3-2-6-14(16)19(23)22-10-8-17-15(12-22)21-18(25-17)13-5-4-9-20-11-13/h2-7,9,11H,8,10,12H2,1H3. The number of amides is 1. The van der Waals surface area contributed by atoms with Gasteiger partial charge >= 0.3 is 0 Å². The van der Waals surface area contributed by atoms with E-state index in [1.54, 1.807) is 36.5 Å². The van der Waals surface area contributed by atoms with E-state index < -0.39 is 0 Å². The number of pyridine rings is 1. The highest BCUT2D eigenvalue weighted by Gasteiger charge is 2.27. The van der Waals surface area contributed by atoms with Crippen LogP contribution >= 0.6 is 0 Å². The summed E-state index contributed by atoms with van der Waals surface area (Å²) in [6, 6.07) is 11.0. The Morgan fingerprint density at radius 2 is 2.12 bits per heavy atom. The Balaban J connectivity index is 1.59. The van der Waals surface area contributed by atoms with Gasteiger partial charge < -0.3 is 14.1 Å². The molecule has 0 saturated carbocycles. The van der Waals surface area contributed by atoms with Crippen molar-refractivity contribution >= 4 is 5.91 Å². The predicted octanol–water partition coefficient (Wildman–Crippen LogP) is 2.94. The minimum atomic E-state index is -0.0611. The van der Waals surface area contributed by atoms with Crippen molar-refractivity contribution in [3.05, 3.63) is 65.8 Å². The molecular weight excluding hydrogens is 318 g/mol.